The van der Waals surface area contributed by atoms with Crippen LogP contribution in [0, 0.1) is 5.92 Å². The summed E-state index contributed by atoms with van der Waals surface area (Å²) in [7, 11) is 0. The van der Waals surface area contributed by atoms with Crippen LogP contribution in [0.25, 0.3) is 0 Å². The first-order chi connectivity index (χ1) is 5.57. The lowest BCUT2D eigenvalue weighted by molar-refractivity contribution is -0.159. The molecule has 1 heterocycles. The highest BCUT2D eigenvalue weighted by Crippen LogP contribution is 2.23. The average Bonchev–Trinajstić information content (AvgIpc) is 2.01. The maximum absolute atomic E-state index is 11.0. The second-order valence-electron chi connectivity index (χ2n) is 2.73. The molecule has 3 nitrogen and oxygen atoms in total. The maximum Gasteiger partial charge on any atom is 0.341 e. The Morgan fingerprint density at radius 3 is 2.50 bits per heavy atom. The molecule has 0 aliphatic carbocycles. The van der Waals surface area contributed by atoms with Crippen LogP contribution in [0.15, 0.2) is 23.8 Å². The third-order valence-electron chi connectivity index (χ3n) is 2.05. The van der Waals surface area contributed by atoms with Crippen molar-refractivity contribution in [3.8, 4) is 0 Å². The van der Waals surface area contributed by atoms with E-state index in [1.54, 1.807) is 13.8 Å². The Balaban J connectivity index is 3.13. The quantitative estimate of drug-likeness (QED) is 0.334. The summed E-state index contributed by atoms with van der Waals surface area (Å²) in [6, 6.07) is 0. The van der Waals surface area contributed by atoms with E-state index in [1.807, 2.05) is 0 Å². The van der Waals surface area contributed by atoms with Crippen molar-refractivity contribution in [1.29, 1.82) is 0 Å². The SMILES string of the molecule is C=CC1C(=O)OC(=O)C(C)=C1C. The van der Waals surface area contributed by atoms with Crippen LogP contribution >= 0.6 is 0 Å². The smallest absolute Gasteiger partial charge is 0.341 e. The summed E-state index contributed by atoms with van der Waals surface area (Å²) in [6.07, 6.45) is 1.48. The highest BCUT2D eigenvalue weighted by atomic mass is 16.6. The zero-order chi connectivity index (χ0) is 9.30. The highest BCUT2D eigenvalue weighted by Gasteiger charge is 2.30. The summed E-state index contributed by atoms with van der Waals surface area (Å²) in [4.78, 5) is 22.0. The number of hydrogen-bond donors (Lipinski definition) is 0. The molecule has 0 fully saturated rings. The molecule has 1 aliphatic rings. The van der Waals surface area contributed by atoms with Gasteiger partial charge < -0.3 is 4.74 Å². The van der Waals surface area contributed by atoms with Gasteiger partial charge in [0.15, 0.2) is 0 Å². The minimum absolute atomic E-state index is 0.456. The molecule has 0 amide bonds. The van der Waals surface area contributed by atoms with Crippen LogP contribution in [0.1, 0.15) is 13.8 Å². The predicted molar refractivity (Wildman–Crippen MR) is 43.2 cm³/mol. The Kier molecular flexibility index (Phi) is 2.13. The number of hydrogen-bond acceptors (Lipinski definition) is 3. The van der Waals surface area contributed by atoms with Crippen LogP contribution in [-0.4, -0.2) is 11.9 Å². The molecular weight excluding hydrogens is 156 g/mol. The summed E-state index contributed by atoms with van der Waals surface area (Å²) in [5.74, 6) is -1.53. The predicted octanol–water partition coefficient (Wildman–Crippen LogP) is 1.21. The number of carbonyl (C=O) groups is 2. The molecule has 1 aliphatic heterocycles. The molecule has 0 radical (unpaired) electrons. The van der Waals surface area contributed by atoms with Gasteiger partial charge in [-0.05, 0) is 19.4 Å². The molecule has 64 valence electrons. The second-order valence-corrected chi connectivity index (χ2v) is 2.73. The molecule has 0 N–H and O–H groups in total. The molecule has 0 aromatic heterocycles. The number of cyclic esters (lactones) is 2. The Labute approximate surface area is 70.7 Å². The molecule has 1 atom stereocenters. The van der Waals surface area contributed by atoms with Crippen LogP contribution in [0.4, 0.5) is 0 Å². The summed E-state index contributed by atoms with van der Waals surface area (Å²) in [5.41, 5.74) is 1.23. The van der Waals surface area contributed by atoms with Gasteiger partial charge in [0.1, 0.15) is 0 Å². The number of esters is 2. The van der Waals surface area contributed by atoms with Crippen LogP contribution < -0.4 is 0 Å². The fourth-order valence-electron chi connectivity index (χ4n) is 1.08. The van der Waals surface area contributed by atoms with Crippen molar-refractivity contribution in [3.63, 3.8) is 0 Å². The summed E-state index contributed by atoms with van der Waals surface area (Å²) in [5, 5.41) is 0. The van der Waals surface area contributed by atoms with Crippen molar-refractivity contribution in [2.75, 3.05) is 0 Å². The van der Waals surface area contributed by atoms with Crippen LogP contribution in [0.3, 0.4) is 0 Å². The van der Waals surface area contributed by atoms with Crippen molar-refractivity contribution < 1.29 is 14.3 Å². The zero-order valence-corrected chi connectivity index (χ0v) is 7.09. The van der Waals surface area contributed by atoms with Gasteiger partial charge in [0.05, 0.1) is 5.92 Å². The number of ether oxygens (including phenoxy) is 1. The second kappa shape index (κ2) is 2.93. The van der Waals surface area contributed by atoms with Crippen LogP contribution in [0.5, 0.6) is 0 Å². The van der Waals surface area contributed by atoms with Crippen LogP contribution in [-0.2, 0) is 14.3 Å². The van der Waals surface area contributed by atoms with E-state index in [9.17, 15) is 9.59 Å². The van der Waals surface area contributed by atoms with Crippen molar-refractivity contribution in [2.45, 2.75) is 13.8 Å². The lowest BCUT2D eigenvalue weighted by Gasteiger charge is -2.19. The Morgan fingerprint density at radius 1 is 1.42 bits per heavy atom. The molecule has 1 rings (SSSR count). The van der Waals surface area contributed by atoms with Gasteiger partial charge in [0, 0.05) is 5.57 Å². The molecule has 0 aromatic carbocycles. The molecule has 12 heavy (non-hydrogen) atoms. The van der Waals surface area contributed by atoms with Gasteiger partial charge in [-0.25, -0.2) is 4.79 Å². The van der Waals surface area contributed by atoms with Gasteiger partial charge in [-0.3, -0.25) is 4.79 Å². The monoisotopic (exact) mass is 166 g/mol. The number of rotatable bonds is 1. The van der Waals surface area contributed by atoms with E-state index in [1.165, 1.54) is 6.08 Å². The van der Waals surface area contributed by atoms with E-state index >= 15 is 0 Å². The van der Waals surface area contributed by atoms with E-state index in [0.29, 0.717) is 5.57 Å². The standard InChI is InChI=1S/C9H10O3/c1-4-7-5(2)6(3)8(10)12-9(7)11/h4,7H,1H2,2-3H3. The summed E-state index contributed by atoms with van der Waals surface area (Å²) >= 11 is 0. The maximum atomic E-state index is 11.0. The fourth-order valence-corrected chi connectivity index (χ4v) is 1.08. The van der Waals surface area contributed by atoms with Gasteiger partial charge in [-0.2, -0.15) is 0 Å². The normalized spacial score (nSPS) is 24.0. The minimum Gasteiger partial charge on any atom is -0.389 e. The number of carbonyl (C=O) groups excluding carboxylic acids is 2. The van der Waals surface area contributed by atoms with Crippen LogP contribution in [0.2, 0.25) is 0 Å². The molecular formula is C9H10O3. The highest BCUT2D eigenvalue weighted by molar-refractivity contribution is 6.02. The molecule has 0 aromatic rings. The van der Waals surface area contributed by atoms with Crippen molar-refractivity contribution in [3.05, 3.63) is 23.8 Å². The molecule has 0 bridgehead atoms. The fraction of sp³-hybridized carbons (Fsp3) is 0.333. The Morgan fingerprint density at radius 2 is 2.00 bits per heavy atom. The van der Waals surface area contributed by atoms with Gasteiger partial charge in [-0.15, -0.1) is 6.58 Å². The van der Waals surface area contributed by atoms with Gasteiger partial charge >= 0.3 is 11.9 Å². The lowest BCUT2D eigenvalue weighted by Crippen LogP contribution is -2.28. The Bertz CT molecular complexity index is 286. The van der Waals surface area contributed by atoms with Crippen molar-refractivity contribution in [2.24, 2.45) is 5.92 Å². The van der Waals surface area contributed by atoms with Gasteiger partial charge in [-0.1, -0.05) is 6.08 Å². The molecule has 0 spiro atoms. The van der Waals surface area contributed by atoms with E-state index in [-0.39, 0.29) is 0 Å². The third-order valence-corrected chi connectivity index (χ3v) is 2.05. The molecule has 0 saturated carbocycles. The van der Waals surface area contributed by atoms with E-state index in [4.69, 9.17) is 0 Å². The average molecular weight is 166 g/mol. The molecule has 0 saturated heterocycles. The first-order valence-corrected chi connectivity index (χ1v) is 3.64. The summed E-state index contributed by atoms with van der Waals surface area (Å²) in [6.45, 7) is 6.87. The summed E-state index contributed by atoms with van der Waals surface area (Å²) < 4.78 is 4.47. The van der Waals surface area contributed by atoms with E-state index in [2.05, 4.69) is 11.3 Å². The van der Waals surface area contributed by atoms with Crippen molar-refractivity contribution >= 4 is 11.9 Å². The van der Waals surface area contributed by atoms with E-state index < -0.39 is 17.9 Å². The van der Waals surface area contributed by atoms with Gasteiger partial charge in [0.2, 0.25) is 0 Å². The van der Waals surface area contributed by atoms with E-state index in [0.717, 1.165) is 5.57 Å². The van der Waals surface area contributed by atoms with Crippen molar-refractivity contribution in [1.82, 2.24) is 0 Å². The first kappa shape index (κ1) is 8.71. The third kappa shape index (κ3) is 1.18. The first-order valence-electron chi connectivity index (χ1n) is 3.64. The lowest BCUT2D eigenvalue weighted by atomic mass is 9.94. The largest absolute Gasteiger partial charge is 0.389 e. The topological polar surface area (TPSA) is 43.4 Å². The molecule has 1 unspecified atom stereocenters. The van der Waals surface area contributed by atoms with Gasteiger partial charge in [0.25, 0.3) is 0 Å². The Hall–Kier alpha value is -1.38. The molecule has 3 heteroatoms. The minimum atomic E-state index is -0.546. The zero-order valence-electron chi connectivity index (χ0n) is 7.09.